The molecule has 2 nitrogen and oxygen atoms in total. The molecule has 2 heteroatoms. The Morgan fingerprint density at radius 1 is 1.04 bits per heavy atom. The summed E-state index contributed by atoms with van der Waals surface area (Å²) in [5.74, 6) is 2.56. The molecule has 0 bridgehead atoms. The molecule has 23 heavy (non-hydrogen) atoms. The molecule has 0 saturated heterocycles. The van der Waals surface area contributed by atoms with Crippen molar-refractivity contribution >= 4 is 11.6 Å². The van der Waals surface area contributed by atoms with Gasteiger partial charge in [0.05, 0.1) is 0 Å². The first kappa shape index (κ1) is 15.4. The number of fused-ring (bicyclic) bond motifs is 5. The summed E-state index contributed by atoms with van der Waals surface area (Å²) in [5, 5.41) is 0. The summed E-state index contributed by atoms with van der Waals surface area (Å²) in [6.07, 6.45) is 11.1. The van der Waals surface area contributed by atoms with E-state index in [1.165, 1.54) is 18.4 Å². The molecule has 0 aromatic heterocycles. The van der Waals surface area contributed by atoms with Crippen LogP contribution in [0.15, 0.2) is 23.3 Å². The van der Waals surface area contributed by atoms with Gasteiger partial charge in [-0.05, 0) is 79.3 Å². The molecule has 0 spiro atoms. The van der Waals surface area contributed by atoms with Gasteiger partial charge < -0.3 is 0 Å². The number of ketones is 2. The predicted octanol–water partition coefficient (Wildman–Crippen LogP) is 4.64. The lowest BCUT2D eigenvalue weighted by molar-refractivity contribution is -0.117. The number of carbonyl (C=O) groups excluding carboxylic acids is 2. The summed E-state index contributed by atoms with van der Waals surface area (Å²) < 4.78 is 0. The van der Waals surface area contributed by atoms with E-state index in [4.69, 9.17) is 0 Å². The van der Waals surface area contributed by atoms with Crippen LogP contribution in [0, 0.1) is 28.6 Å². The minimum absolute atomic E-state index is 0.106. The SMILES string of the molecule is C/C=C1/C(=O)C[C@@H]2[C@H]3CCC4=CC(=O)CC[C@]4(C)[C@@H]3CC[C@@]12C. The van der Waals surface area contributed by atoms with Gasteiger partial charge in [0.15, 0.2) is 11.6 Å². The maximum absolute atomic E-state index is 12.5. The van der Waals surface area contributed by atoms with Crippen LogP contribution < -0.4 is 0 Å². The molecule has 3 saturated carbocycles. The molecule has 0 aliphatic heterocycles. The maximum atomic E-state index is 12.5. The van der Waals surface area contributed by atoms with Crippen molar-refractivity contribution in [2.75, 3.05) is 0 Å². The normalized spacial score (nSPS) is 47.9. The van der Waals surface area contributed by atoms with Gasteiger partial charge in [-0.1, -0.05) is 25.5 Å². The van der Waals surface area contributed by atoms with Crippen molar-refractivity contribution < 1.29 is 9.59 Å². The molecule has 4 aliphatic rings. The Morgan fingerprint density at radius 3 is 2.57 bits per heavy atom. The smallest absolute Gasteiger partial charge is 0.159 e. The summed E-state index contributed by atoms with van der Waals surface area (Å²) in [4.78, 5) is 24.4. The molecule has 4 aliphatic carbocycles. The number of carbonyl (C=O) groups is 2. The van der Waals surface area contributed by atoms with Gasteiger partial charge in [-0.15, -0.1) is 0 Å². The number of hydrogen-bond donors (Lipinski definition) is 0. The van der Waals surface area contributed by atoms with E-state index < -0.39 is 0 Å². The Labute approximate surface area is 139 Å². The minimum atomic E-state index is 0.106. The third-order valence-electron chi connectivity index (χ3n) is 7.96. The van der Waals surface area contributed by atoms with Crippen LogP contribution in [0.1, 0.15) is 65.7 Å². The van der Waals surface area contributed by atoms with Gasteiger partial charge in [0.25, 0.3) is 0 Å². The average Bonchev–Trinajstić information content (AvgIpc) is 2.77. The molecule has 124 valence electrons. The van der Waals surface area contributed by atoms with Crippen LogP contribution >= 0.6 is 0 Å². The Bertz CT molecular complexity index is 640. The molecule has 0 N–H and O–H groups in total. The molecule has 0 radical (unpaired) electrons. The molecule has 0 aromatic carbocycles. The second kappa shape index (κ2) is 4.91. The Kier molecular flexibility index (Phi) is 3.28. The van der Waals surface area contributed by atoms with Crippen LogP contribution in [0.3, 0.4) is 0 Å². The predicted molar refractivity (Wildman–Crippen MR) is 90.9 cm³/mol. The lowest BCUT2D eigenvalue weighted by Crippen LogP contribution is -2.49. The quantitative estimate of drug-likeness (QED) is 0.610. The van der Waals surface area contributed by atoms with Gasteiger partial charge in [-0.2, -0.15) is 0 Å². The molecule has 5 atom stereocenters. The highest BCUT2D eigenvalue weighted by atomic mass is 16.1. The number of allylic oxidation sites excluding steroid dienone is 3. The summed E-state index contributed by atoms with van der Waals surface area (Å²) >= 11 is 0. The van der Waals surface area contributed by atoms with Crippen molar-refractivity contribution in [1.29, 1.82) is 0 Å². The van der Waals surface area contributed by atoms with Gasteiger partial charge in [-0.3, -0.25) is 9.59 Å². The summed E-state index contributed by atoms with van der Waals surface area (Å²) in [5.41, 5.74) is 2.83. The fourth-order valence-corrected chi connectivity index (χ4v) is 6.71. The van der Waals surface area contributed by atoms with Crippen LogP contribution in [0.4, 0.5) is 0 Å². The topological polar surface area (TPSA) is 34.1 Å². The highest BCUT2D eigenvalue weighted by Gasteiger charge is 2.59. The van der Waals surface area contributed by atoms with Crippen molar-refractivity contribution in [1.82, 2.24) is 0 Å². The first-order chi connectivity index (χ1) is 10.9. The van der Waals surface area contributed by atoms with Crippen LogP contribution in [0.5, 0.6) is 0 Å². The first-order valence-corrected chi connectivity index (χ1v) is 9.34. The van der Waals surface area contributed by atoms with Crippen molar-refractivity contribution in [2.24, 2.45) is 28.6 Å². The second-order valence-corrected chi connectivity index (χ2v) is 8.75. The van der Waals surface area contributed by atoms with Crippen LogP contribution in [-0.2, 0) is 9.59 Å². The monoisotopic (exact) mass is 312 g/mol. The average molecular weight is 312 g/mol. The summed E-state index contributed by atoms with van der Waals surface area (Å²) in [6.45, 7) is 6.77. The molecule has 4 rings (SSSR count). The van der Waals surface area contributed by atoms with Crippen molar-refractivity contribution in [2.45, 2.75) is 65.7 Å². The number of rotatable bonds is 0. The van der Waals surface area contributed by atoms with Crippen LogP contribution in [-0.4, -0.2) is 11.6 Å². The van der Waals surface area contributed by atoms with E-state index in [1.807, 2.05) is 13.0 Å². The number of hydrogen-bond acceptors (Lipinski definition) is 2. The van der Waals surface area contributed by atoms with E-state index in [-0.39, 0.29) is 10.8 Å². The minimum Gasteiger partial charge on any atom is -0.295 e. The molecular weight excluding hydrogens is 284 g/mol. The van der Waals surface area contributed by atoms with E-state index in [2.05, 4.69) is 19.9 Å². The molecule has 3 fully saturated rings. The second-order valence-electron chi connectivity index (χ2n) is 8.75. The van der Waals surface area contributed by atoms with Gasteiger partial charge in [0.1, 0.15) is 0 Å². The van der Waals surface area contributed by atoms with E-state index in [0.717, 1.165) is 31.3 Å². The molecule has 0 aromatic rings. The Morgan fingerprint density at radius 2 is 1.83 bits per heavy atom. The largest absolute Gasteiger partial charge is 0.295 e. The van der Waals surface area contributed by atoms with Gasteiger partial charge in [0.2, 0.25) is 0 Å². The van der Waals surface area contributed by atoms with Crippen molar-refractivity contribution in [3.05, 3.63) is 23.3 Å². The van der Waals surface area contributed by atoms with E-state index >= 15 is 0 Å². The van der Waals surface area contributed by atoms with E-state index in [9.17, 15) is 9.59 Å². The first-order valence-electron chi connectivity index (χ1n) is 9.34. The van der Waals surface area contributed by atoms with Crippen LogP contribution in [0.25, 0.3) is 0 Å². The van der Waals surface area contributed by atoms with Crippen molar-refractivity contribution in [3.63, 3.8) is 0 Å². The molecule has 0 amide bonds. The fraction of sp³-hybridized carbons (Fsp3) is 0.714. The molecule has 0 unspecified atom stereocenters. The van der Waals surface area contributed by atoms with E-state index in [0.29, 0.717) is 35.7 Å². The standard InChI is InChI=1S/C21H28O2/c1-4-16-19(23)12-18-15-6-5-13-11-14(22)7-9-20(13,2)17(15)8-10-21(16,18)3/h4,11,15,17-18H,5-10,12H2,1-3H3/b16-4-/t15-,17+,18+,20-,21-/m0/s1. The maximum Gasteiger partial charge on any atom is 0.159 e. The summed E-state index contributed by atoms with van der Waals surface area (Å²) in [6, 6.07) is 0. The Balaban J connectivity index is 1.72. The number of Topliss-reactive ketones (excluding diaryl/α,β-unsaturated/α-hetero) is 1. The third kappa shape index (κ3) is 1.93. The highest BCUT2D eigenvalue weighted by Crippen LogP contribution is 2.65. The third-order valence-corrected chi connectivity index (χ3v) is 7.96. The van der Waals surface area contributed by atoms with E-state index in [1.54, 1.807) is 0 Å². The molecular formula is C21H28O2. The zero-order chi connectivity index (χ0) is 16.4. The zero-order valence-corrected chi connectivity index (χ0v) is 14.7. The lowest BCUT2D eigenvalue weighted by Gasteiger charge is -2.57. The lowest BCUT2D eigenvalue weighted by atomic mass is 9.47. The Hall–Kier alpha value is -1.18. The van der Waals surface area contributed by atoms with Gasteiger partial charge in [0, 0.05) is 12.8 Å². The van der Waals surface area contributed by atoms with Crippen LogP contribution in [0.2, 0.25) is 0 Å². The van der Waals surface area contributed by atoms with Gasteiger partial charge in [-0.25, -0.2) is 0 Å². The fourth-order valence-electron chi connectivity index (χ4n) is 6.71. The highest BCUT2D eigenvalue weighted by molar-refractivity contribution is 5.99. The molecule has 0 heterocycles. The van der Waals surface area contributed by atoms with Crippen molar-refractivity contribution in [3.8, 4) is 0 Å². The zero-order valence-electron chi connectivity index (χ0n) is 14.7. The summed E-state index contributed by atoms with van der Waals surface area (Å²) in [7, 11) is 0. The van der Waals surface area contributed by atoms with Gasteiger partial charge >= 0.3 is 0 Å².